The van der Waals surface area contributed by atoms with Crippen LogP contribution in [0.3, 0.4) is 0 Å². The van der Waals surface area contributed by atoms with Crippen molar-refractivity contribution in [2.45, 2.75) is 44.6 Å². The molecule has 1 saturated heterocycles. The first kappa shape index (κ1) is 12.9. The van der Waals surface area contributed by atoms with Gasteiger partial charge >= 0.3 is 0 Å². The number of nitrogens with zero attached hydrogens (tertiary/aromatic N) is 2. The lowest BCUT2D eigenvalue weighted by Crippen LogP contribution is -2.35. The topological polar surface area (TPSA) is 42.1 Å². The van der Waals surface area contributed by atoms with Crippen LogP contribution in [0.4, 0.5) is 11.4 Å². The van der Waals surface area contributed by atoms with Crippen LogP contribution in [0.2, 0.25) is 0 Å². The summed E-state index contributed by atoms with van der Waals surface area (Å²) in [6, 6.07) is 9.05. The number of nitrogens with two attached hydrogens (primary N) is 1. The Balaban J connectivity index is 1.73. The van der Waals surface area contributed by atoms with Gasteiger partial charge in [0.05, 0.1) is 16.9 Å². The largest absolute Gasteiger partial charge is 0.396 e. The first-order valence-electron chi connectivity index (χ1n) is 8.24. The number of rotatable bonds is 2. The molecule has 4 rings (SSSR count). The fraction of sp³-hybridized carbons (Fsp3) is 0.500. The van der Waals surface area contributed by atoms with Crippen LogP contribution in [0.1, 0.15) is 38.5 Å². The molecule has 21 heavy (non-hydrogen) atoms. The van der Waals surface area contributed by atoms with E-state index in [-0.39, 0.29) is 0 Å². The number of benzene rings is 1. The first-order valence-corrected chi connectivity index (χ1v) is 8.24. The number of fused-ring (bicyclic) bond motifs is 1. The zero-order chi connectivity index (χ0) is 14.2. The Bertz CT molecular complexity index is 646. The van der Waals surface area contributed by atoms with Gasteiger partial charge in [0.2, 0.25) is 0 Å². The Morgan fingerprint density at radius 2 is 1.90 bits per heavy atom. The molecule has 1 aromatic heterocycles. The third-order valence-corrected chi connectivity index (χ3v) is 5.36. The molecule has 110 valence electrons. The monoisotopic (exact) mass is 281 g/mol. The van der Waals surface area contributed by atoms with E-state index >= 15 is 0 Å². The SMILES string of the molecule is Nc1c(N2CCCC2C2CCCC2)ccc2ncccc12. The lowest BCUT2D eigenvalue weighted by atomic mass is 9.95. The molecule has 2 fully saturated rings. The van der Waals surface area contributed by atoms with Crippen molar-refractivity contribution in [2.24, 2.45) is 5.92 Å². The molecule has 0 radical (unpaired) electrons. The Kier molecular flexibility index (Phi) is 3.21. The molecule has 0 bridgehead atoms. The van der Waals surface area contributed by atoms with Crippen molar-refractivity contribution in [3.8, 4) is 0 Å². The van der Waals surface area contributed by atoms with Crippen molar-refractivity contribution in [3.63, 3.8) is 0 Å². The van der Waals surface area contributed by atoms with Gasteiger partial charge in [0.15, 0.2) is 0 Å². The van der Waals surface area contributed by atoms with E-state index in [1.165, 1.54) is 44.2 Å². The summed E-state index contributed by atoms with van der Waals surface area (Å²) in [6.07, 6.45) is 10.1. The second kappa shape index (κ2) is 5.21. The Morgan fingerprint density at radius 3 is 2.76 bits per heavy atom. The molecule has 2 N–H and O–H groups in total. The Morgan fingerprint density at radius 1 is 1.05 bits per heavy atom. The van der Waals surface area contributed by atoms with Gasteiger partial charge in [0.1, 0.15) is 0 Å². The third kappa shape index (κ3) is 2.15. The van der Waals surface area contributed by atoms with Crippen molar-refractivity contribution < 1.29 is 0 Å². The van der Waals surface area contributed by atoms with Crippen molar-refractivity contribution in [2.75, 3.05) is 17.2 Å². The fourth-order valence-electron chi connectivity index (χ4n) is 4.34. The van der Waals surface area contributed by atoms with Crippen LogP contribution in [0.25, 0.3) is 10.9 Å². The minimum atomic E-state index is 0.698. The van der Waals surface area contributed by atoms with Crippen LogP contribution in [0.5, 0.6) is 0 Å². The summed E-state index contributed by atoms with van der Waals surface area (Å²) in [4.78, 5) is 6.99. The number of hydrogen-bond donors (Lipinski definition) is 1. The smallest absolute Gasteiger partial charge is 0.0724 e. The average molecular weight is 281 g/mol. The Hall–Kier alpha value is -1.77. The van der Waals surface area contributed by atoms with E-state index in [0.29, 0.717) is 6.04 Å². The highest BCUT2D eigenvalue weighted by Crippen LogP contribution is 2.40. The summed E-state index contributed by atoms with van der Waals surface area (Å²) in [5, 5.41) is 1.09. The maximum atomic E-state index is 6.48. The highest BCUT2D eigenvalue weighted by atomic mass is 15.2. The molecular weight excluding hydrogens is 258 g/mol. The minimum Gasteiger partial charge on any atom is -0.396 e. The zero-order valence-electron chi connectivity index (χ0n) is 12.5. The Labute approximate surface area is 126 Å². The molecule has 1 aromatic carbocycles. The van der Waals surface area contributed by atoms with Crippen LogP contribution in [-0.2, 0) is 0 Å². The number of pyridine rings is 1. The van der Waals surface area contributed by atoms with E-state index in [2.05, 4.69) is 28.1 Å². The third-order valence-electron chi connectivity index (χ3n) is 5.36. The molecular formula is C18H23N3. The van der Waals surface area contributed by atoms with Crippen molar-refractivity contribution in [1.29, 1.82) is 0 Å². The van der Waals surface area contributed by atoms with Crippen LogP contribution >= 0.6 is 0 Å². The maximum Gasteiger partial charge on any atom is 0.0724 e. The van der Waals surface area contributed by atoms with Gasteiger partial charge in [-0.3, -0.25) is 4.98 Å². The molecule has 2 aliphatic rings. The fourth-order valence-corrected chi connectivity index (χ4v) is 4.34. The highest BCUT2D eigenvalue weighted by molar-refractivity contribution is 5.97. The molecule has 2 heterocycles. The summed E-state index contributed by atoms with van der Waals surface area (Å²) < 4.78 is 0. The molecule has 1 unspecified atom stereocenters. The highest BCUT2D eigenvalue weighted by Gasteiger charge is 2.34. The summed E-state index contributed by atoms with van der Waals surface area (Å²) >= 11 is 0. The lowest BCUT2D eigenvalue weighted by molar-refractivity contribution is 0.431. The van der Waals surface area contributed by atoms with E-state index < -0.39 is 0 Å². The number of hydrogen-bond acceptors (Lipinski definition) is 3. The van der Waals surface area contributed by atoms with Gasteiger partial charge in [-0.1, -0.05) is 12.8 Å². The predicted molar refractivity (Wildman–Crippen MR) is 88.5 cm³/mol. The standard InChI is InChI=1S/C18H23N3/c19-18-14-7-3-11-20-15(14)9-10-17(18)21-12-4-8-16(21)13-5-1-2-6-13/h3,7,9-11,13,16H,1-2,4-6,8,12,19H2. The normalized spacial score (nSPS) is 23.2. The molecule has 3 heteroatoms. The molecule has 1 saturated carbocycles. The molecule has 3 nitrogen and oxygen atoms in total. The van der Waals surface area contributed by atoms with Gasteiger partial charge in [0.25, 0.3) is 0 Å². The summed E-state index contributed by atoms with van der Waals surface area (Å²) in [7, 11) is 0. The quantitative estimate of drug-likeness (QED) is 0.847. The summed E-state index contributed by atoms with van der Waals surface area (Å²) in [6.45, 7) is 1.15. The first-order chi connectivity index (χ1) is 10.3. The van der Waals surface area contributed by atoms with Gasteiger partial charge in [-0.15, -0.1) is 0 Å². The number of aromatic nitrogens is 1. The van der Waals surface area contributed by atoms with E-state index in [1.54, 1.807) is 0 Å². The molecule has 1 aliphatic heterocycles. The van der Waals surface area contributed by atoms with E-state index in [4.69, 9.17) is 5.73 Å². The van der Waals surface area contributed by atoms with Gasteiger partial charge in [-0.25, -0.2) is 0 Å². The van der Waals surface area contributed by atoms with Crippen LogP contribution in [-0.4, -0.2) is 17.6 Å². The van der Waals surface area contributed by atoms with E-state index in [1.807, 2.05) is 12.3 Å². The molecule has 1 atom stereocenters. The van der Waals surface area contributed by atoms with Gasteiger partial charge < -0.3 is 10.6 Å². The van der Waals surface area contributed by atoms with Crippen molar-refractivity contribution >= 4 is 22.3 Å². The molecule has 0 amide bonds. The molecule has 0 spiro atoms. The lowest BCUT2D eigenvalue weighted by Gasteiger charge is -2.32. The second-order valence-corrected chi connectivity index (χ2v) is 6.52. The van der Waals surface area contributed by atoms with Crippen LogP contribution in [0, 0.1) is 5.92 Å². The zero-order valence-corrected chi connectivity index (χ0v) is 12.5. The van der Waals surface area contributed by atoms with E-state index in [0.717, 1.165) is 29.1 Å². The summed E-state index contributed by atoms with van der Waals surface area (Å²) in [5.41, 5.74) is 9.61. The van der Waals surface area contributed by atoms with Gasteiger partial charge in [0, 0.05) is 24.2 Å². The number of nitrogen functional groups attached to an aromatic ring is 1. The van der Waals surface area contributed by atoms with Gasteiger partial charge in [-0.2, -0.15) is 0 Å². The molecule has 2 aromatic rings. The van der Waals surface area contributed by atoms with E-state index in [9.17, 15) is 0 Å². The van der Waals surface area contributed by atoms with Crippen molar-refractivity contribution in [3.05, 3.63) is 30.5 Å². The molecule has 1 aliphatic carbocycles. The van der Waals surface area contributed by atoms with Crippen molar-refractivity contribution in [1.82, 2.24) is 4.98 Å². The van der Waals surface area contributed by atoms with Crippen LogP contribution in [0.15, 0.2) is 30.5 Å². The van der Waals surface area contributed by atoms with Gasteiger partial charge in [-0.05, 0) is 55.9 Å². The van der Waals surface area contributed by atoms with Crippen LogP contribution < -0.4 is 10.6 Å². The predicted octanol–water partition coefficient (Wildman–Crippen LogP) is 3.98. The summed E-state index contributed by atoms with van der Waals surface area (Å²) in [5.74, 6) is 0.872. The average Bonchev–Trinajstić information content (AvgIpc) is 3.18. The second-order valence-electron chi connectivity index (χ2n) is 6.52. The minimum absolute atomic E-state index is 0.698. The number of anilines is 2. The maximum absolute atomic E-state index is 6.48.